The zero-order valence-electron chi connectivity index (χ0n) is 19.6. The molecule has 0 unspecified atom stereocenters. The average Bonchev–Trinajstić information content (AvgIpc) is 3.33. The van der Waals surface area contributed by atoms with Gasteiger partial charge in [-0.15, -0.1) is 0 Å². The van der Waals surface area contributed by atoms with Crippen molar-refractivity contribution < 1.29 is 19.1 Å². The highest BCUT2D eigenvalue weighted by Crippen LogP contribution is 2.39. The number of nitrogens with zero attached hydrogens (tertiary/aromatic N) is 1. The van der Waals surface area contributed by atoms with Gasteiger partial charge in [0.25, 0.3) is 0 Å². The molecule has 0 aromatic heterocycles. The van der Waals surface area contributed by atoms with Crippen molar-refractivity contribution in [3.05, 3.63) is 95.6 Å². The second kappa shape index (κ2) is 10.9. The van der Waals surface area contributed by atoms with Crippen molar-refractivity contribution in [2.24, 2.45) is 5.92 Å². The van der Waals surface area contributed by atoms with Gasteiger partial charge < -0.3 is 19.7 Å². The quantitative estimate of drug-likeness (QED) is 0.558. The van der Waals surface area contributed by atoms with Crippen LogP contribution in [0.2, 0.25) is 0 Å². The van der Waals surface area contributed by atoms with Gasteiger partial charge in [-0.1, -0.05) is 66.7 Å². The molecule has 3 aromatic carbocycles. The van der Waals surface area contributed by atoms with Crippen molar-refractivity contribution in [3.63, 3.8) is 0 Å². The maximum atomic E-state index is 13.3. The fourth-order valence-corrected chi connectivity index (χ4v) is 4.51. The van der Waals surface area contributed by atoms with Crippen LogP contribution in [0, 0.1) is 5.92 Å². The van der Waals surface area contributed by atoms with E-state index in [9.17, 15) is 9.59 Å². The minimum Gasteiger partial charge on any atom is -0.497 e. The lowest BCUT2D eigenvalue weighted by Gasteiger charge is -2.21. The Balaban J connectivity index is 1.56. The van der Waals surface area contributed by atoms with E-state index in [0.29, 0.717) is 37.6 Å². The lowest BCUT2D eigenvalue weighted by Crippen LogP contribution is -2.35. The Morgan fingerprint density at radius 1 is 0.882 bits per heavy atom. The molecule has 1 fully saturated rings. The highest BCUT2D eigenvalue weighted by atomic mass is 16.5. The van der Waals surface area contributed by atoms with Gasteiger partial charge in [0, 0.05) is 37.2 Å². The van der Waals surface area contributed by atoms with Crippen molar-refractivity contribution in [2.75, 3.05) is 27.3 Å². The van der Waals surface area contributed by atoms with Gasteiger partial charge in [0.05, 0.1) is 26.6 Å². The van der Waals surface area contributed by atoms with E-state index in [1.54, 1.807) is 19.1 Å². The van der Waals surface area contributed by atoms with Crippen LogP contribution in [0.5, 0.6) is 11.5 Å². The van der Waals surface area contributed by atoms with Gasteiger partial charge in [0.2, 0.25) is 11.8 Å². The van der Waals surface area contributed by atoms with E-state index >= 15 is 0 Å². The number of hydrogen-bond donors (Lipinski definition) is 1. The molecule has 2 amide bonds. The summed E-state index contributed by atoms with van der Waals surface area (Å²) in [5.41, 5.74) is 2.89. The minimum atomic E-state index is -0.384. The molecule has 0 bridgehead atoms. The van der Waals surface area contributed by atoms with Crippen molar-refractivity contribution in [1.29, 1.82) is 0 Å². The smallest absolute Gasteiger partial charge is 0.227 e. The molecular weight excluding hydrogens is 428 g/mol. The second-order valence-corrected chi connectivity index (χ2v) is 8.49. The highest BCUT2D eigenvalue weighted by molar-refractivity contribution is 5.84. The molecule has 0 aliphatic carbocycles. The van der Waals surface area contributed by atoms with E-state index in [2.05, 4.69) is 5.32 Å². The minimum absolute atomic E-state index is 0.0158. The number of nitrogens with one attached hydrogen (secondary N) is 1. The van der Waals surface area contributed by atoms with Crippen molar-refractivity contribution in [1.82, 2.24) is 10.2 Å². The third-order valence-electron chi connectivity index (χ3n) is 6.36. The monoisotopic (exact) mass is 458 g/mol. The standard InChI is InChI=1S/C28H30N2O4/c1-33-22-13-14-23(26(16-22)34-2)24-18-30(27(31)15-20-9-5-3-6-10-20)19-25(24)28(32)29-17-21-11-7-4-8-12-21/h3-14,16,24-25H,15,17-19H2,1-2H3,(H,29,32)/t24-,25-/m1/s1. The molecule has 0 spiro atoms. The maximum absolute atomic E-state index is 13.3. The number of rotatable bonds is 8. The van der Waals surface area contributed by atoms with Crippen LogP contribution in [0.3, 0.4) is 0 Å². The predicted molar refractivity (Wildman–Crippen MR) is 131 cm³/mol. The van der Waals surface area contributed by atoms with Gasteiger partial charge in [0.1, 0.15) is 11.5 Å². The van der Waals surface area contributed by atoms with Crippen LogP contribution >= 0.6 is 0 Å². The largest absolute Gasteiger partial charge is 0.497 e. The molecule has 1 aliphatic heterocycles. The molecule has 6 heteroatoms. The topological polar surface area (TPSA) is 67.9 Å². The van der Waals surface area contributed by atoms with Crippen LogP contribution in [0.25, 0.3) is 0 Å². The average molecular weight is 459 g/mol. The molecular formula is C28H30N2O4. The van der Waals surface area contributed by atoms with E-state index in [0.717, 1.165) is 16.7 Å². The summed E-state index contributed by atoms with van der Waals surface area (Å²) >= 11 is 0. The summed E-state index contributed by atoms with van der Waals surface area (Å²) in [6, 6.07) is 25.1. The SMILES string of the molecule is COc1ccc([C@H]2CN(C(=O)Cc3ccccc3)C[C@H]2C(=O)NCc2ccccc2)c(OC)c1. The Labute approximate surface area is 200 Å². The molecule has 3 aromatic rings. The van der Waals surface area contributed by atoms with Crippen LogP contribution in [0.1, 0.15) is 22.6 Å². The Morgan fingerprint density at radius 2 is 1.56 bits per heavy atom. The van der Waals surface area contributed by atoms with E-state index < -0.39 is 0 Å². The first kappa shape index (κ1) is 23.4. The summed E-state index contributed by atoms with van der Waals surface area (Å²) < 4.78 is 11.0. The third kappa shape index (κ3) is 5.39. The molecule has 1 N–H and O–H groups in total. The highest BCUT2D eigenvalue weighted by Gasteiger charge is 2.41. The molecule has 1 heterocycles. The number of methoxy groups -OCH3 is 2. The first-order chi connectivity index (χ1) is 16.6. The van der Waals surface area contributed by atoms with E-state index in [1.165, 1.54) is 0 Å². The van der Waals surface area contributed by atoms with E-state index in [4.69, 9.17) is 9.47 Å². The number of amides is 2. The summed E-state index contributed by atoms with van der Waals surface area (Å²) in [5, 5.41) is 3.07. The molecule has 0 radical (unpaired) electrons. The number of carbonyl (C=O) groups is 2. The molecule has 176 valence electrons. The van der Waals surface area contributed by atoms with Crippen molar-refractivity contribution >= 4 is 11.8 Å². The van der Waals surface area contributed by atoms with Crippen LogP contribution in [-0.2, 0) is 22.6 Å². The first-order valence-corrected chi connectivity index (χ1v) is 11.4. The summed E-state index contributed by atoms with van der Waals surface area (Å²) in [4.78, 5) is 28.3. The molecule has 1 aliphatic rings. The number of likely N-dealkylation sites (tertiary alicyclic amines) is 1. The Bertz CT molecular complexity index is 1120. The first-order valence-electron chi connectivity index (χ1n) is 11.4. The van der Waals surface area contributed by atoms with Crippen LogP contribution in [0.15, 0.2) is 78.9 Å². The van der Waals surface area contributed by atoms with Crippen LogP contribution in [-0.4, -0.2) is 44.0 Å². The van der Waals surface area contributed by atoms with Crippen molar-refractivity contribution in [3.8, 4) is 11.5 Å². The van der Waals surface area contributed by atoms with Gasteiger partial charge >= 0.3 is 0 Å². The number of carbonyl (C=O) groups excluding carboxylic acids is 2. The normalized spacial score (nSPS) is 17.3. The van der Waals surface area contributed by atoms with Crippen molar-refractivity contribution in [2.45, 2.75) is 18.9 Å². The lowest BCUT2D eigenvalue weighted by atomic mass is 9.87. The van der Waals surface area contributed by atoms with E-state index in [1.807, 2.05) is 78.9 Å². The zero-order valence-corrected chi connectivity index (χ0v) is 19.6. The molecule has 2 atom stereocenters. The summed E-state index contributed by atoms with van der Waals surface area (Å²) in [5.74, 6) is 0.717. The second-order valence-electron chi connectivity index (χ2n) is 8.49. The zero-order chi connectivity index (χ0) is 23.9. The van der Waals surface area contributed by atoms with Gasteiger partial charge in [-0.05, 0) is 17.2 Å². The summed E-state index contributed by atoms with van der Waals surface area (Å²) in [7, 11) is 3.21. The van der Waals surface area contributed by atoms with Gasteiger partial charge in [-0.25, -0.2) is 0 Å². The number of ether oxygens (including phenoxy) is 2. The summed E-state index contributed by atoms with van der Waals surface area (Å²) in [6.45, 7) is 1.27. The van der Waals surface area contributed by atoms with Gasteiger partial charge in [-0.3, -0.25) is 9.59 Å². The van der Waals surface area contributed by atoms with Crippen LogP contribution < -0.4 is 14.8 Å². The van der Waals surface area contributed by atoms with E-state index in [-0.39, 0.29) is 23.7 Å². The molecule has 0 saturated carbocycles. The number of hydrogen-bond acceptors (Lipinski definition) is 4. The Kier molecular flexibility index (Phi) is 7.48. The molecule has 1 saturated heterocycles. The third-order valence-corrected chi connectivity index (χ3v) is 6.36. The summed E-state index contributed by atoms with van der Waals surface area (Å²) in [6.07, 6.45) is 0.311. The Hall–Kier alpha value is -3.80. The van der Waals surface area contributed by atoms with Crippen LogP contribution in [0.4, 0.5) is 0 Å². The lowest BCUT2D eigenvalue weighted by molar-refractivity contribution is -0.130. The fraction of sp³-hybridized carbons (Fsp3) is 0.286. The number of benzene rings is 3. The fourth-order valence-electron chi connectivity index (χ4n) is 4.51. The van der Waals surface area contributed by atoms with Gasteiger partial charge in [0.15, 0.2) is 0 Å². The molecule has 6 nitrogen and oxygen atoms in total. The Morgan fingerprint density at radius 3 is 2.21 bits per heavy atom. The maximum Gasteiger partial charge on any atom is 0.227 e. The predicted octanol–water partition coefficient (Wildman–Crippen LogP) is 3.80. The molecule has 34 heavy (non-hydrogen) atoms. The molecule has 4 rings (SSSR count). The van der Waals surface area contributed by atoms with Gasteiger partial charge in [-0.2, -0.15) is 0 Å².